The number of carboxylic acid groups (broad SMARTS) is 3. The second kappa shape index (κ2) is 23.1. The average molecular weight is 697 g/mol. The van der Waals surface area contributed by atoms with Gasteiger partial charge < -0.3 is 40.2 Å². The molecule has 0 atom stereocenters. The van der Waals surface area contributed by atoms with Crippen molar-refractivity contribution in [1.29, 1.82) is 0 Å². The number of aryl methyl sites for hydroxylation is 1. The molecule has 0 bridgehead atoms. The molecule has 1 aliphatic heterocycles. The van der Waals surface area contributed by atoms with Gasteiger partial charge in [0.25, 0.3) is 0 Å². The zero-order valence-electron chi connectivity index (χ0n) is 27.8. The molecule has 0 saturated carbocycles. The van der Waals surface area contributed by atoms with Crippen molar-refractivity contribution in [3.63, 3.8) is 0 Å². The maximum Gasteiger partial charge on any atom is 0.513 e. The minimum Gasteiger partial charge on any atom is -0.480 e. The number of benzene rings is 1. The van der Waals surface area contributed by atoms with Gasteiger partial charge in [0, 0.05) is 72.4 Å². The summed E-state index contributed by atoms with van der Waals surface area (Å²) >= 11 is 0. The number of ether oxygens (including phenoxy) is 3. The van der Waals surface area contributed by atoms with Crippen molar-refractivity contribution in [2.24, 2.45) is 0 Å². The van der Waals surface area contributed by atoms with Crippen LogP contribution in [0.2, 0.25) is 0 Å². The van der Waals surface area contributed by atoms with Crippen molar-refractivity contribution >= 4 is 35.9 Å². The van der Waals surface area contributed by atoms with Crippen LogP contribution in [0.25, 0.3) is 0 Å². The summed E-state index contributed by atoms with van der Waals surface area (Å²) in [5.41, 5.74) is 0.917. The molecule has 1 aromatic rings. The minimum atomic E-state index is -1.03. The highest BCUT2D eigenvalue weighted by Crippen LogP contribution is 2.14. The van der Waals surface area contributed by atoms with Crippen molar-refractivity contribution < 1.29 is 58.3 Å². The molecule has 1 saturated heterocycles. The van der Waals surface area contributed by atoms with E-state index in [1.807, 2.05) is 4.90 Å². The van der Waals surface area contributed by atoms with Crippen LogP contribution in [0.15, 0.2) is 24.3 Å². The second-order valence-corrected chi connectivity index (χ2v) is 11.3. The first-order chi connectivity index (χ1) is 23.4. The number of nitrogens with one attached hydrogen (secondary N) is 2. The second-order valence-electron chi connectivity index (χ2n) is 11.3. The van der Waals surface area contributed by atoms with E-state index >= 15 is 0 Å². The van der Waals surface area contributed by atoms with E-state index in [0.29, 0.717) is 44.8 Å². The summed E-state index contributed by atoms with van der Waals surface area (Å²) in [7, 11) is 1.57. The Kier molecular flexibility index (Phi) is 19.2. The maximum atomic E-state index is 12.7. The van der Waals surface area contributed by atoms with Crippen LogP contribution in [-0.2, 0) is 39.9 Å². The van der Waals surface area contributed by atoms with Crippen molar-refractivity contribution in [2.45, 2.75) is 12.8 Å². The Balaban J connectivity index is 1.75. The van der Waals surface area contributed by atoms with E-state index in [1.165, 1.54) is 0 Å². The summed E-state index contributed by atoms with van der Waals surface area (Å²) in [6, 6.07) is 6.72. The van der Waals surface area contributed by atoms with Gasteiger partial charge in [-0.1, -0.05) is 12.1 Å². The lowest BCUT2D eigenvalue weighted by molar-refractivity contribution is -0.140. The van der Waals surface area contributed by atoms with Crippen molar-refractivity contribution in [1.82, 2.24) is 30.2 Å². The lowest BCUT2D eigenvalue weighted by atomic mass is 10.1. The molecule has 49 heavy (non-hydrogen) atoms. The summed E-state index contributed by atoms with van der Waals surface area (Å²) in [4.78, 5) is 77.0. The summed E-state index contributed by atoms with van der Waals surface area (Å²) < 4.78 is 15.5. The van der Waals surface area contributed by atoms with E-state index in [0.717, 1.165) is 5.56 Å². The molecule has 0 aliphatic carbocycles. The number of amides is 2. The molecule has 1 aliphatic rings. The van der Waals surface area contributed by atoms with E-state index in [9.17, 15) is 44.1 Å². The molecule has 18 nitrogen and oxygen atoms in total. The van der Waals surface area contributed by atoms with Gasteiger partial charge in [-0.05, 0) is 24.1 Å². The first-order valence-corrected chi connectivity index (χ1v) is 16.0. The summed E-state index contributed by atoms with van der Waals surface area (Å²) in [6.07, 6.45) is 0.00530. The van der Waals surface area contributed by atoms with Crippen molar-refractivity contribution in [2.75, 3.05) is 112 Å². The van der Waals surface area contributed by atoms with Crippen LogP contribution in [-0.4, -0.2) is 183 Å². The highest BCUT2D eigenvalue weighted by atomic mass is 16.7. The van der Waals surface area contributed by atoms with Gasteiger partial charge in [0.1, 0.15) is 12.4 Å². The first-order valence-electron chi connectivity index (χ1n) is 16.0. The maximum absolute atomic E-state index is 12.7. The predicted octanol–water partition coefficient (Wildman–Crippen LogP) is -1.51. The Hall–Kier alpha value is -4.36. The van der Waals surface area contributed by atoms with E-state index in [4.69, 9.17) is 14.2 Å². The summed E-state index contributed by atoms with van der Waals surface area (Å²) in [6.45, 7) is 1.93. The van der Waals surface area contributed by atoms with Gasteiger partial charge in [0.05, 0.1) is 39.4 Å². The fraction of sp³-hybridized carbons (Fsp3) is 0.613. The molecular formula is C31H48N6O12. The molecule has 2 rings (SSSR count). The van der Waals surface area contributed by atoms with E-state index < -0.39 is 24.1 Å². The zero-order chi connectivity index (χ0) is 36.0. The Morgan fingerprint density at radius 1 is 0.653 bits per heavy atom. The third-order valence-corrected chi connectivity index (χ3v) is 7.43. The van der Waals surface area contributed by atoms with Crippen LogP contribution in [0.4, 0.5) is 4.79 Å². The Labute approximate surface area is 284 Å². The van der Waals surface area contributed by atoms with Crippen LogP contribution < -0.4 is 15.4 Å². The number of carbonyl (C=O) groups is 6. The minimum absolute atomic E-state index is 0.0169. The Morgan fingerprint density at radius 3 is 1.57 bits per heavy atom. The number of rotatable bonds is 18. The molecule has 2 amide bonds. The summed E-state index contributed by atoms with van der Waals surface area (Å²) in [5, 5.41) is 33.3. The molecule has 1 fully saturated rings. The Morgan fingerprint density at radius 2 is 1.12 bits per heavy atom. The lowest BCUT2D eigenvalue weighted by Gasteiger charge is -2.32. The molecule has 18 heteroatoms. The number of carboxylic acids is 3. The van der Waals surface area contributed by atoms with Gasteiger partial charge in [-0.3, -0.25) is 43.6 Å². The van der Waals surface area contributed by atoms with Crippen LogP contribution in [0, 0.1) is 0 Å². The van der Waals surface area contributed by atoms with Crippen LogP contribution >= 0.6 is 0 Å². The molecule has 0 spiro atoms. The van der Waals surface area contributed by atoms with Gasteiger partial charge in [-0.15, -0.1) is 0 Å². The lowest BCUT2D eigenvalue weighted by Crippen LogP contribution is -2.50. The van der Waals surface area contributed by atoms with Gasteiger partial charge in [-0.2, -0.15) is 0 Å². The monoisotopic (exact) mass is 696 g/mol. The predicted molar refractivity (Wildman–Crippen MR) is 173 cm³/mol. The SMILES string of the molecule is CNC(=O)CCc1ccc(OC(=O)OCCOCCNC(=O)CN2CCN(CC(=O)O)CCN(CC(=O)O)CCN(CC(=O)O)CC2)cc1. The van der Waals surface area contributed by atoms with Gasteiger partial charge in [-0.25, -0.2) is 4.79 Å². The third-order valence-electron chi connectivity index (χ3n) is 7.43. The number of nitrogens with zero attached hydrogens (tertiary/aromatic N) is 4. The van der Waals surface area contributed by atoms with Gasteiger partial charge in [0.2, 0.25) is 11.8 Å². The first kappa shape index (κ1) is 40.8. The quantitative estimate of drug-likeness (QED) is 0.0668. The fourth-order valence-corrected chi connectivity index (χ4v) is 4.83. The molecule has 1 aromatic carbocycles. The largest absolute Gasteiger partial charge is 0.513 e. The molecular weight excluding hydrogens is 648 g/mol. The van der Waals surface area contributed by atoms with Crippen molar-refractivity contribution in [3.05, 3.63) is 29.8 Å². The van der Waals surface area contributed by atoms with E-state index in [1.54, 1.807) is 46.0 Å². The molecule has 0 unspecified atom stereocenters. The number of aliphatic carboxylic acids is 3. The smallest absolute Gasteiger partial charge is 0.480 e. The molecule has 1 heterocycles. The molecule has 0 radical (unpaired) electrons. The average Bonchev–Trinajstić information content (AvgIpc) is 3.04. The molecule has 274 valence electrons. The molecule has 5 N–H and O–H groups in total. The van der Waals surface area contributed by atoms with Crippen LogP contribution in [0.1, 0.15) is 12.0 Å². The van der Waals surface area contributed by atoms with E-state index in [2.05, 4.69) is 10.6 Å². The summed E-state index contributed by atoms with van der Waals surface area (Å²) in [5.74, 6) is -3.17. The Bertz CT molecular complexity index is 1190. The highest BCUT2D eigenvalue weighted by molar-refractivity contribution is 5.78. The van der Waals surface area contributed by atoms with Crippen LogP contribution in [0.3, 0.4) is 0 Å². The standard InChI is InChI=1S/C31H48N6O12/c1-32-26(38)7-4-24-2-5-25(6-3-24)49-31(46)48-19-18-47-17-8-33-27(39)20-34-9-11-35(21-28(40)41)13-15-37(23-30(44)45)16-14-36(12-10-34)22-29(42)43/h2-3,5-6H,4,7-23H2,1H3,(H,32,38)(H,33,39)(H,40,41)(H,42,43)(H,44,45). The third kappa shape index (κ3) is 19.3. The van der Waals surface area contributed by atoms with E-state index in [-0.39, 0.29) is 90.5 Å². The van der Waals surface area contributed by atoms with Gasteiger partial charge >= 0.3 is 24.1 Å². The number of hydrogen-bond donors (Lipinski definition) is 5. The fourth-order valence-electron chi connectivity index (χ4n) is 4.83. The van der Waals surface area contributed by atoms with Gasteiger partial charge in [0.15, 0.2) is 0 Å². The van der Waals surface area contributed by atoms with Crippen LogP contribution in [0.5, 0.6) is 5.75 Å². The molecule has 0 aromatic heterocycles. The normalized spacial score (nSPS) is 15.7. The number of carbonyl (C=O) groups excluding carboxylic acids is 3. The number of hydrogen-bond acceptors (Lipinski definition) is 13. The van der Waals surface area contributed by atoms with Crippen molar-refractivity contribution in [3.8, 4) is 5.75 Å². The highest BCUT2D eigenvalue weighted by Gasteiger charge is 2.21. The zero-order valence-corrected chi connectivity index (χ0v) is 27.8. The topological polar surface area (TPSA) is 228 Å².